The average Bonchev–Trinajstić information content (AvgIpc) is 2.58. The van der Waals surface area contributed by atoms with Crippen LogP contribution in [-0.4, -0.2) is 5.11 Å². The Morgan fingerprint density at radius 1 is 1.27 bits per heavy atom. The van der Waals surface area contributed by atoms with Gasteiger partial charge in [-0.05, 0) is 30.7 Å². The van der Waals surface area contributed by atoms with Crippen molar-refractivity contribution >= 4 is 22.9 Å². The summed E-state index contributed by atoms with van der Waals surface area (Å²) in [7, 11) is 0. The minimum Gasteiger partial charge on any atom is -0.508 e. The molecule has 0 spiro atoms. The number of phenolic OH excluding ortho intramolecular Hbond substituents is 1. The van der Waals surface area contributed by atoms with Crippen molar-refractivity contribution in [3.8, 4) is 5.75 Å². The first-order valence-corrected chi connectivity index (χ1v) is 5.87. The predicted octanol–water partition coefficient (Wildman–Crippen LogP) is 4.01. The average molecular weight is 239 g/mol. The van der Waals surface area contributed by atoms with E-state index in [-0.39, 0.29) is 0 Å². The van der Waals surface area contributed by atoms with Crippen LogP contribution in [0.2, 0.25) is 4.34 Å². The fourth-order valence-corrected chi connectivity index (χ4v) is 2.60. The number of phenols is 1. The van der Waals surface area contributed by atoms with E-state index in [1.54, 1.807) is 17.4 Å². The molecular formula is C12H11ClOS. The molecule has 0 saturated heterocycles. The maximum Gasteiger partial charge on any atom is 0.119 e. The summed E-state index contributed by atoms with van der Waals surface area (Å²) in [5.41, 5.74) is 2.11. The molecule has 0 amide bonds. The van der Waals surface area contributed by atoms with Gasteiger partial charge in [0.25, 0.3) is 0 Å². The topological polar surface area (TPSA) is 20.2 Å². The fraction of sp³-hybridized carbons (Fsp3) is 0.167. The third kappa shape index (κ3) is 2.52. The van der Waals surface area contributed by atoms with Crippen molar-refractivity contribution in [1.82, 2.24) is 0 Å². The maximum absolute atomic E-state index is 9.67. The molecule has 78 valence electrons. The summed E-state index contributed by atoms with van der Waals surface area (Å²) >= 11 is 7.41. The first-order chi connectivity index (χ1) is 7.15. The van der Waals surface area contributed by atoms with Gasteiger partial charge in [0, 0.05) is 11.3 Å². The van der Waals surface area contributed by atoms with Crippen molar-refractivity contribution in [1.29, 1.82) is 0 Å². The molecule has 0 aliphatic rings. The van der Waals surface area contributed by atoms with E-state index >= 15 is 0 Å². The molecule has 0 radical (unpaired) electrons. The molecule has 0 bridgehead atoms. The van der Waals surface area contributed by atoms with Crippen LogP contribution >= 0.6 is 22.9 Å². The molecule has 3 heteroatoms. The van der Waals surface area contributed by atoms with Crippen LogP contribution in [0.4, 0.5) is 0 Å². The summed E-state index contributed by atoms with van der Waals surface area (Å²) in [6, 6.07) is 9.52. The Morgan fingerprint density at radius 3 is 2.73 bits per heavy atom. The van der Waals surface area contributed by atoms with E-state index in [0.29, 0.717) is 5.75 Å². The quantitative estimate of drug-likeness (QED) is 0.838. The van der Waals surface area contributed by atoms with Gasteiger partial charge < -0.3 is 5.11 Å². The Kier molecular flexibility index (Phi) is 2.98. The van der Waals surface area contributed by atoms with E-state index in [4.69, 9.17) is 11.6 Å². The maximum atomic E-state index is 9.67. The monoisotopic (exact) mass is 238 g/mol. The van der Waals surface area contributed by atoms with Crippen LogP contribution in [0.25, 0.3) is 0 Å². The first kappa shape index (κ1) is 10.5. The van der Waals surface area contributed by atoms with Crippen LogP contribution in [0.3, 0.4) is 0 Å². The van der Waals surface area contributed by atoms with E-state index in [1.165, 1.54) is 4.88 Å². The lowest BCUT2D eigenvalue weighted by molar-refractivity contribution is 0.469. The standard InChI is InChI=1S/C12H11ClOS/c1-8-2-4-11(14)9(6-8)7-10-3-5-12(13)15-10/h2-6,14H,7H2,1H3. The number of thiophene rings is 1. The number of hydrogen-bond donors (Lipinski definition) is 1. The highest BCUT2D eigenvalue weighted by Crippen LogP contribution is 2.27. The number of hydrogen-bond acceptors (Lipinski definition) is 2. The van der Waals surface area contributed by atoms with Crippen molar-refractivity contribution < 1.29 is 5.11 Å². The van der Waals surface area contributed by atoms with Gasteiger partial charge >= 0.3 is 0 Å². The largest absolute Gasteiger partial charge is 0.508 e. The molecular weight excluding hydrogens is 228 g/mol. The normalized spacial score (nSPS) is 10.5. The van der Waals surface area contributed by atoms with Crippen LogP contribution in [0, 0.1) is 6.92 Å². The number of aryl methyl sites for hydroxylation is 1. The third-order valence-corrected chi connectivity index (χ3v) is 3.46. The molecule has 0 saturated carbocycles. The van der Waals surface area contributed by atoms with Crippen LogP contribution in [0.1, 0.15) is 16.0 Å². The van der Waals surface area contributed by atoms with Crippen LogP contribution in [-0.2, 0) is 6.42 Å². The molecule has 0 unspecified atom stereocenters. The number of halogens is 1. The zero-order valence-electron chi connectivity index (χ0n) is 8.33. The molecule has 2 rings (SSSR count). The van der Waals surface area contributed by atoms with Gasteiger partial charge in [0.2, 0.25) is 0 Å². The number of aromatic hydroxyl groups is 1. The lowest BCUT2D eigenvalue weighted by Gasteiger charge is -2.03. The Bertz CT molecular complexity index is 476. The Hall–Kier alpha value is -0.990. The predicted molar refractivity (Wildman–Crippen MR) is 65.0 cm³/mol. The van der Waals surface area contributed by atoms with Gasteiger partial charge in [-0.1, -0.05) is 29.3 Å². The smallest absolute Gasteiger partial charge is 0.119 e. The number of benzene rings is 1. The Morgan fingerprint density at radius 2 is 2.07 bits per heavy atom. The van der Waals surface area contributed by atoms with Crippen molar-refractivity contribution in [2.45, 2.75) is 13.3 Å². The summed E-state index contributed by atoms with van der Waals surface area (Å²) < 4.78 is 0.789. The van der Waals surface area contributed by atoms with Gasteiger partial charge in [0.05, 0.1) is 4.34 Å². The van der Waals surface area contributed by atoms with Crippen molar-refractivity contribution in [2.75, 3.05) is 0 Å². The Labute approximate surface area is 98.0 Å². The van der Waals surface area contributed by atoms with Gasteiger partial charge in [-0.25, -0.2) is 0 Å². The van der Waals surface area contributed by atoms with E-state index < -0.39 is 0 Å². The van der Waals surface area contributed by atoms with Gasteiger partial charge in [0.1, 0.15) is 5.75 Å². The highest BCUT2D eigenvalue weighted by Gasteiger charge is 2.04. The SMILES string of the molecule is Cc1ccc(O)c(Cc2ccc(Cl)s2)c1. The van der Waals surface area contributed by atoms with E-state index in [2.05, 4.69) is 0 Å². The van der Waals surface area contributed by atoms with Gasteiger partial charge in [-0.3, -0.25) is 0 Å². The van der Waals surface area contributed by atoms with Crippen LogP contribution in [0.15, 0.2) is 30.3 Å². The first-order valence-electron chi connectivity index (χ1n) is 4.68. The molecule has 0 fully saturated rings. The molecule has 1 N–H and O–H groups in total. The highest BCUT2D eigenvalue weighted by molar-refractivity contribution is 7.16. The van der Waals surface area contributed by atoms with E-state index in [9.17, 15) is 5.11 Å². The molecule has 1 heterocycles. The van der Waals surface area contributed by atoms with Gasteiger partial charge in [-0.2, -0.15) is 0 Å². The zero-order valence-corrected chi connectivity index (χ0v) is 9.90. The van der Waals surface area contributed by atoms with E-state index in [0.717, 1.165) is 21.9 Å². The van der Waals surface area contributed by atoms with Crippen molar-refractivity contribution in [2.24, 2.45) is 0 Å². The van der Waals surface area contributed by atoms with Crippen LogP contribution < -0.4 is 0 Å². The van der Waals surface area contributed by atoms with Crippen molar-refractivity contribution in [3.63, 3.8) is 0 Å². The summed E-state index contributed by atoms with van der Waals surface area (Å²) in [6.07, 6.45) is 0.741. The molecule has 0 aliphatic heterocycles. The Balaban J connectivity index is 2.27. The van der Waals surface area contributed by atoms with Gasteiger partial charge in [-0.15, -0.1) is 11.3 Å². The van der Waals surface area contributed by atoms with Gasteiger partial charge in [0.15, 0.2) is 0 Å². The minimum absolute atomic E-state index is 0.352. The molecule has 1 aromatic heterocycles. The van der Waals surface area contributed by atoms with Crippen molar-refractivity contribution in [3.05, 3.63) is 50.7 Å². The molecule has 1 nitrogen and oxygen atoms in total. The number of rotatable bonds is 2. The summed E-state index contributed by atoms with van der Waals surface area (Å²) in [5, 5.41) is 9.67. The molecule has 0 atom stereocenters. The second-order valence-corrected chi connectivity index (χ2v) is 5.31. The zero-order chi connectivity index (χ0) is 10.8. The minimum atomic E-state index is 0.352. The van der Waals surface area contributed by atoms with E-state index in [1.807, 2.05) is 31.2 Å². The second-order valence-electron chi connectivity index (χ2n) is 3.51. The van der Waals surface area contributed by atoms with Crippen LogP contribution in [0.5, 0.6) is 5.75 Å². The highest BCUT2D eigenvalue weighted by atomic mass is 35.5. The summed E-state index contributed by atoms with van der Waals surface area (Å²) in [5.74, 6) is 0.352. The third-order valence-electron chi connectivity index (χ3n) is 2.23. The summed E-state index contributed by atoms with van der Waals surface area (Å²) in [6.45, 7) is 2.02. The molecule has 0 aliphatic carbocycles. The molecule has 2 aromatic rings. The summed E-state index contributed by atoms with van der Waals surface area (Å²) in [4.78, 5) is 1.17. The lowest BCUT2D eigenvalue weighted by Crippen LogP contribution is -1.86. The molecule has 1 aromatic carbocycles. The molecule has 15 heavy (non-hydrogen) atoms. The fourth-order valence-electron chi connectivity index (χ4n) is 1.49. The lowest BCUT2D eigenvalue weighted by atomic mass is 10.1. The second kappa shape index (κ2) is 4.25.